The fraction of sp³-hybridized carbons (Fsp3) is 0.364. The standard InChI is InChI=1S/C11H14N2OS2/c1-3-10(14-6-1)9-12-4-2-7-15-11-13-5-8-16-11/h1,3,5-6,8,12H,2,4,7,9H2. The van der Waals surface area contributed by atoms with Crippen LogP contribution in [0.3, 0.4) is 0 Å². The van der Waals surface area contributed by atoms with Gasteiger partial charge < -0.3 is 9.73 Å². The van der Waals surface area contributed by atoms with Crippen LogP contribution in [0.2, 0.25) is 0 Å². The summed E-state index contributed by atoms with van der Waals surface area (Å²) in [5, 5.41) is 5.36. The molecular weight excluding hydrogens is 240 g/mol. The third-order valence-corrected chi connectivity index (χ3v) is 4.06. The van der Waals surface area contributed by atoms with Crippen LogP contribution in [0.15, 0.2) is 38.7 Å². The summed E-state index contributed by atoms with van der Waals surface area (Å²) in [7, 11) is 0. The maximum absolute atomic E-state index is 5.22. The molecule has 0 aliphatic carbocycles. The molecule has 0 saturated heterocycles. The number of rotatable bonds is 7. The lowest BCUT2D eigenvalue weighted by atomic mass is 10.4. The Hall–Kier alpha value is -0.780. The summed E-state index contributed by atoms with van der Waals surface area (Å²) in [6.45, 7) is 1.83. The molecule has 2 rings (SSSR count). The lowest BCUT2D eigenvalue weighted by molar-refractivity contribution is 0.483. The van der Waals surface area contributed by atoms with Crippen molar-refractivity contribution >= 4 is 23.1 Å². The van der Waals surface area contributed by atoms with Crippen molar-refractivity contribution in [2.24, 2.45) is 0 Å². The summed E-state index contributed by atoms with van der Waals surface area (Å²) in [6, 6.07) is 3.90. The number of thiazole rings is 1. The molecule has 5 heteroatoms. The van der Waals surface area contributed by atoms with Crippen LogP contribution in [-0.2, 0) is 6.54 Å². The zero-order chi connectivity index (χ0) is 11.1. The van der Waals surface area contributed by atoms with Crippen LogP contribution in [0.25, 0.3) is 0 Å². The molecular formula is C11H14N2OS2. The molecule has 3 nitrogen and oxygen atoms in total. The predicted molar refractivity (Wildman–Crippen MR) is 67.9 cm³/mol. The Bertz CT molecular complexity index is 334. The Morgan fingerprint density at radius 3 is 3.25 bits per heavy atom. The number of furan rings is 1. The molecule has 2 aromatic rings. The van der Waals surface area contributed by atoms with E-state index in [1.54, 1.807) is 17.6 Å². The van der Waals surface area contributed by atoms with Gasteiger partial charge >= 0.3 is 0 Å². The van der Waals surface area contributed by atoms with Gasteiger partial charge in [-0.2, -0.15) is 0 Å². The van der Waals surface area contributed by atoms with Crippen LogP contribution in [-0.4, -0.2) is 17.3 Å². The van der Waals surface area contributed by atoms with E-state index in [2.05, 4.69) is 10.3 Å². The molecule has 2 aromatic heterocycles. The van der Waals surface area contributed by atoms with Gasteiger partial charge in [0.15, 0.2) is 0 Å². The summed E-state index contributed by atoms with van der Waals surface area (Å²) in [5.41, 5.74) is 0. The third-order valence-electron chi connectivity index (χ3n) is 2.01. The van der Waals surface area contributed by atoms with E-state index < -0.39 is 0 Å². The normalized spacial score (nSPS) is 10.8. The highest BCUT2D eigenvalue weighted by atomic mass is 32.2. The Labute approximate surface area is 103 Å². The monoisotopic (exact) mass is 254 g/mol. The molecule has 0 radical (unpaired) electrons. The van der Waals surface area contributed by atoms with Gasteiger partial charge in [0.25, 0.3) is 0 Å². The van der Waals surface area contributed by atoms with Gasteiger partial charge in [0.1, 0.15) is 10.1 Å². The van der Waals surface area contributed by atoms with Gasteiger partial charge in [-0.25, -0.2) is 4.98 Å². The first-order valence-corrected chi connectivity index (χ1v) is 7.07. The highest BCUT2D eigenvalue weighted by Crippen LogP contribution is 2.20. The zero-order valence-corrected chi connectivity index (χ0v) is 10.5. The summed E-state index contributed by atoms with van der Waals surface area (Å²) in [5.74, 6) is 2.10. The van der Waals surface area contributed by atoms with Gasteiger partial charge in [0.2, 0.25) is 0 Å². The van der Waals surface area contributed by atoms with E-state index in [1.165, 1.54) is 0 Å². The molecule has 0 aromatic carbocycles. The minimum Gasteiger partial charge on any atom is -0.468 e. The molecule has 0 bridgehead atoms. The molecule has 86 valence electrons. The van der Waals surface area contributed by atoms with Crippen molar-refractivity contribution in [3.05, 3.63) is 35.7 Å². The highest BCUT2D eigenvalue weighted by molar-refractivity contribution is 8.00. The van der Waals surface area contributed by atoms with Gasteiger partial charge in [-0.15, -0.1) is 11.3 Å². The topological polar surface area (TPSA) is 38.1 Å². The average molecular weight is 254 g/mol. The molecule has 0 atom stereocenters. The third kappa shape index (κ3) is 4.00. The summed E-state index contributed by atoms with van der Waals surface area (Å²) >= 11 is 3.52. The first-order chi connectivity index (χ1) is 7.95. The minimum atomic E-state index is 0.814. The SMILES string of the molecule is c1coc(CNCCCSc2nccs2)c1. The van der Waals surface area contributed by atoms with Crippen LogP contribution in [0.1, 0.15) is 12.2 Å². The summed E-state index contributed by atoms with van der Waals surface area (Å²) in [4.78, 5) is 4.22. The molecule has 0 aliphatic heterocycles. The molecule has 0 saturated carbocycles. The second-order valence-electron chi connectivity index (χ2n) is 3.26. The molecule has 16 heavy (non-hydrogen) atoms. The Balaban J connectivity index is 1.49. The number of nitrogens with zero attached hydrogens (tertiary/aromatic N) is 1. The fourth-order valence-corrected chi connectivity index (χ4v) is 2.91. The number of hydrogen-bond acceptors (Lipinski definition) is 5. The molecule has 0 spiro atoms. The van der Waals surface area contributed by atoms with E-state index in [1.807, 2.05) is 35.5 Å². The maximum atomic E-state index is 5.22. The number of hydrogen-bond donors (Lipinski definition) is 1. The smallest absolute Gasteiger partial charge is 0.149 e. The Morgan fingerprint density at radius 2 is 2.50 bits per heavy atom. The van der Waals surface area contributed by atoms with Gasteiger partial charge in [0.05, 0.1) is 12.8 Å². The summed E-state index contributed by atoms with van der Waals surface area (Å²) < 4.78 is 6.38. The highest BCUT2D eigenvalue weighted by Gasteiger charge is 1.97. The van der Waals surface area contributed by atoms with Crippen molar-refractivity contribution in [1.29, 1.82) is 0 Å². The first-order valence-electron chi connectivity index (χ1n) is 5.20. The van der Waals surface area contributed by atoms with Crippen LogP contribution < -0.4 is 5.32 Å². The van der Waals surface area contributed by atoms with Crippen molar-refractivity contribution in [3.63, 3.8) is 0 Å². The minimum absolute atomic E-state index is 0.814. The molecule has 0 amide bonds. The Kier molecular flexibility index (Phi) is 4.92. The first kappa shape index (κ1) is 11.7. The largest absolute Gasteiger partial charge is 0.468 e. The number of aromatic nitrogens is 1. The van der Waals surface area contributed by atoms with Gasteiger partial charge in [-0.05, 0) is 25.1 Å². The van der Waals surface area contributed by atoms with E-state index in [0.29, 0.717) is 0 Å². The summed E-state index contributed by atoms with van der Waals surface area (Å²) in [6.07, 6.45) is 4.70. The lowest BCUT2D eigenvalue weighted by Crippen LogP contribution is -2.14. The molecule has 0 unspecified atom stereocenters. The Morgan fingerprint density at radius 1 is 1.50 bits per heavy atom. The molecule has 0 aliphatic rings. The lowest BCUT2D eigenvalue weighted by Gasteiger charge is -2.01. The van der Waals surface area contributed by atoms with Crippen LogP contribution >= 0.6 is 23.1 Å². The average Bonchev–Trinajstić information content (AvgIpc) is 2.96. The van der Waals surface area contributed by atoms with E-state index in [0.717, 1.165) is 35.4 Å². The molecule has 1 N–H and O–H groups in total. The fourth-order valence-electron chi connectivity index (χ4n) is 1.26. The van der Waals surface area contributed by atoms with Crippen molar-refractivity contribution in [2.75, 3.05) is 12.3 Å². The van der Waals surface area contributed by atoms with Crippen molar-refractivity contribution in [2.45, 2.75) is 17.3 Å². The van der Waals surface area contributed by atoms with Gasteiger partial charge in [0, 0.05) is 17.3 Å². The van der Waals surface area contributed by atoms with Gasteiger partial charge in [-0.3, -0.25) is 0 Å². The predicted octanol–water partition coefficient (Wildman–Crippen LogP) is 3.01. The molecule has 2 heterocycles. The van der Waals surface area contributed by atoms with Crippen molar-refractivity contribution in [1.82, 2.24) is 10.3 Å². The van der Waals surface area contributed by atoms with Crippen molar-refractivity contribution in [3.8, 4) is 0 Å². The van der Waals surface area contributed by atoms with Crippen LogP contribution in [0.5, 0.6) is 0 Å². The number of thioether (sulfide) groups is 1. The number of nitrogens with one attached hydrogen (secondary N) is 1. The molecule has 0 fully saturated rings. The van der Waals surface area contributed by atoms with E-state index in [9.17, 15) is 0 Å². The van der Waals surface area contributed by atoms with Crippen molar-refractivity contribution < 1.29 is 4.42 Å². The zero-order valence-electron chi connectivity index (χ0n) is 8.89. The van der Waals surface area contributed by atoms with E-state index >= 15 is 0 Å². The second-order valence-corrected chi connectivity index (χ2v) is 5.49. The van der Waals surface area contributed by atoms with Gasteiger partial charge in [-0.1, -0.05) is 11.8 Å². The van der Waals surface area contributed by atoms with Crippen LogP contribution in [0, 0.1) is 0 Å². The second kappa shape index (κ2) is 6.73. The van der Waals surface area contributed by atoms with E-state index in [-0.39, 0.29) is 0 Å². The van der Waals surface area contributed by atoms with Crippen LogP contribution in [0.4, 0.5) is 0 Å². The quantitative estimate of drug-likeness (QED) is 0.609. The maximum Gasteiger partial charge on any atom is 0.149 e. The van der Waals surface area contributed by atoms with E-state index in [4.69, 9.17) is 4.42 Å².